The van der Waals surface area contributed by atoms with E-state index in [2.05, 4.69) is 6.08 Å². The molecule has 2 rings (SSSR count). The first-order valence-corrected chi connectivity index (χ1v) is 6.68. The van der Waals surface area contributed by atoms with Gasteiger partial charge in [-0.25, -0.2) is 4.39 Å². The van der Waals surface area contributed by atoms with Gasteiger partial charge in [-0.05, 0) is 49.8 Å². The molecule has 2 N–H and O–H groups in total. The van der Waals surface area contributed by atoms with Crippen LogP contribution in [0.2, 0.25) is 0 Å². The summed E-state index contributed by atoms with van der Waals surface area (Å²) in [7, 11) is 0. The summed E-state index contributed by atoms with van der Waals surface area (Å²) >= 11 is 0. The summed E-state index contributed by atoms with van der Waals surface area (Å²) < 4.78 is 50.9. The highest BCUT2D eigenvalue weighted by molar-refractivity contribution is 5.29. The van der Waals surface area contributed by atoms with Gasteiger partial charge in [0, 0.05) is 6.04 Å². The van der Waals surface area contributed by atoms with Crippen molar-refractivity contribution < 1.29 is 17.6 Å². The summed E-state index contributed by atoms with van der Waals surface area (Å²) in [6.45, 7) is 0. The molecular weight excluding hydrogens is 270 g/mol. The van der Waals surface area contributed by atoms with Gasteiger partial charge in [-0.15, -0.1) is 0 Å². The zero-order valence-corrected chi connectivity index (χ0v) is 11.0. The number of hydrogen-bond donors (Lipinski definition) is 1. The maximum atomic E-state index is 13.5. The van der Waals surface area contributed by atoms with Crippen LogP contribution in [0.5, 0.6) is 0 Å². The lowest BCUT2D eigenvalue weighted by Crippen LogP contribution is -2.14. The molecule has 1 unspecified atom stereocenters. The molecule has 1 aromatic rings. The van der Waals surface area contributed by atoms with Crippen LogP contribution in [0, 0.1) is 5.82 Å². The highest BCUT2D eigenvalue weighted by Crippen LogP contribution is 2.33. The van der Waals surface area contributed by atoms with Crippen LogP contribution in [0.3, 0.4) is 0 Å². The fourth-order valence-electron chi connectivity index (χ4n) is 2.48. The topological polar surface area (TPSA) is 26.0 Å². The molecule has 1 aromatic carbocycles. The van der Waals surface area contributed by atoms with Gasteiger partial charge in [0.25, 0.3) is 0 Å². The molecule has 0 spiro atoms. The molecule has 0 radical (unpaired) electrons. The van der Waals surface area contributed by atoms with Gasteiger partial charge in [0.1, 0.15) is 5.82 Å². The maximum Gasteiger partial charge on any atom is 0.419 e. The minimum Gasteiger partial charge on any atom is -0.324 e. The molecule has 0 saturated carbocycles. The van der Waals surface area contributed by atoms with Crippen LogP contribution < -0.4 is 5.73 Å². The first-order chi connectivity index (χ1) is 9.38. The van der Waals surface area contributed by atoms with Gasteiger partial charge in [-0.1, -0.05) is 17.7 Å². The lowest BCUT2D eigenvalue weighted by atomic mass is 9.91. The summed E-state index contributed by atoms with van der Waals surface area (Å²) in [6, 6.07) is 2.47. The molecular formula is C15H17F4N. The van der Waals surface area contributed by atoms with E-state index in [0.717, 1.165) is 37.8 Å². The zero-order chi connectivity index (χ0) is 14.8. The van der Waals surface area contributed by atoms with Crippen molar-refractivity contribution in [2.45, 2.75) is 44.3 Å². The van der Waals surface area contributed by atoms with Gasteiger partial charge in [-0.3, -0.25) is 0 Å². The zero-order valence-electron chi connectivity index (χ0n) is 11.0. The number of allylic oxidation sites excluding steroid dienone is 1. The number of nitrogens with two attached hydrogens (primary N) is 1. The van der Waals surface area contributed by atoms with Gasteiger partial charge in [0.05, 0.1) is 5.56 Å². The van der Waals surface area contributed by atoms with Crippen LogP contribution >= 0.6 is 0 Å². The third-order valence-corrected chi connectivity index (χ3v) is 3.59. The Morgan fingerprint density at radius 2 is 1.95 bits per heavy atom. The van der Waals surface area contributed by atoms with E-state index in [1.807, 2.05) is 0 Å². The Bertz CT molecular complexity index is 505. The number of halogens is 4. The molecule has 110 valence electrons. The second-order valence-corrected chi connectivity index (χ2v) is 5.16. The van der Waals surface area contributed by atoms with E-state index >= 15 is 0 Å². The Morgan fingerprint density at radius 3 is 2.50 bits per heavy atom. The Kier molecular flexibility index (Phi) is 4.48. The molecule has 1 nitrogen and oxygen atoms in total. The van der Waals surface area contributed by atoms with Crippen molar-refractivity contribution in [2.75, 3.05) is 0 Å². The van der Waals surface area contributed by atoms with Crippen LogP contribution in [-0.4, -0.2) is 0 Å². The van der Waals surface area contributed by atoms with E-state index in [0.29, 0.717) is 12.0 Å². The Hall–Kier alpha value is -1.36. The lowest BCUT2D eigenvalue weighted by molar-refractivity contribution is -0.140. The second kappa shape index (κ2) is 5.95. The molecule has 1 aliphatic rings. The van der Waals surface area contributed by atoms with Gasteiger partial charge in [0.15, 0.2) is 0 Å². The van der Waals surface area contributed by atoms with Crippen molar-refractivity contribution >= 4 is 0 Å². The predicted octanol–water partition coefficient (Wildman–Crippen LogP) is 4.73. The van der Waals surface area contributed by atoms with Crippen molar-refractivity contribution in [3.63, 3.8) is 0 Å². The second-order valence-electron chi connectivity index (χ2n) is 5.16. The number of hydrogen-bond acceptors (Lipinski definition) is 1. The normalized spacial score (nSPS) is 17.8. The Labute approximate surface area is 115 Å². The lowest BCUT2D eigenvalue weighted by Gasteiger charge is -2.18. The molecule has 0 fully saturated rings. The Morgan fingerprint density at radius 1 is 1.20 bits per heavy atom. The van der Waals surface area contributed by atoms with Crippen LogP contribution in [0.4, 0.5) is 17.6 Å². The largest absolute Gasteiger partial charge is 0.419 e. The van der Waals surface area contributed by atoms with Crippen molar-refractivity contribution in [1.29, 1.82) is 0 Å². The summed E-state index contributed by atoms with van der Waals surface area (Å²) in [5.41, 5.74) is 6.34. The van der Waals surface area contributed by atoms with Gasteiger partial charge in [-0.2, -0.15) is 13.2 Å². The molecule has 20 heavy (non-hydrogen) atoms. The average molecular weight is 287 g/mol. The van der Waals surface area contributed by atoms with E-state index in [-0.39, 0.29) is 0 Å². The van der Waals surface area contributed by atoms with Gasteiger partial charge in [0.2, 0.25) is 0 Å². The van der Waals surface area contributed by atoms with Crippen LogP contribution in [0.1, 0.15) is 49.3 Å². The molecule has 0 aromatic heterocycles. The minimum absolute atomic E-state index is 0.405. The van der Waals surface area contributed by atoms with E-state index in [9.17, 15) is 17.6 Å². The van der Waals surface area contributed by atoms with Gasteiger partial charge >= 0.3 is 6.18 Å². The third kappa shape index (κ3) is 3.60. The van der Waals surface area contributed by atoms with Crippen LogP contribution in [0.15, 0.2) is 29.8 Å². The monoisotopic (exact) mass is 287 g/mol. The van der Waals surface area contributed by atoms with E-state index in [1.54, 1.807) is 0 Å². The number of alkyl halides is 3. The summed E-state index contributed by atoms with van der Waals surface area (Å²) in [5.74, 6) is -1.26. The third-order valence-electron chi connectivity index (χ3n) is 3.59. The maximum absolute atomic E-state index is 13.5. The molecule has 0 saturated heterocycles. The van der Waals surface area contributed by atoms with Crippen molar-refractivity contribution in [3.05, 3.63) is 46.8 Å². The van der Waals surface area contributed by atoms with Crippen molar-refractivity contribution in [2.24, 2.45) is 5.73 Å². The molecule has 1 atom stereocenters. The predicted molar refractivity (Wildman–Crippen MR) is 69.5 cm³/mol. The highest BCUT2D eigenvalue weighted by atomic mass is 19.4. The summed E-state index contributed by atoms with van der Waals surface area (Å²) in [5, 5.41) is 0. The van der Waals surface area contributed by atoms with Crippen molar-refractivity contribution in [3.8, 4) is 0 Å². The average Bonchev–Trinajstić information content (AvgIpc) is 2.38. The summed E-state index contributed by atoms with van der Waals surface area (Å²) in [4.78, 5) is 0. The van der Waals surface area contributed by atoms with Gasteiger partial charge < -0.3 is 5.73 Å². The smallest absolute Gasteiger partial charge is 0.324 e. The quantitative estimate of drug-likeness (QED) is 0.631. The number of rotatable bonds is 3. The van der Waals surface area contributed by atoms with Crippen LogP contribution in [-0.2, 0) is 6.18 Å². The molecule has 0 amide bonds. The first kappa shape index (κ1) is 15.0. The Balaban J connectivity index is 2.12. The van der Waals surface area contributed by atoms with E-state index in [1.165, 1.54) is 11.6 Å². The molecule has 0 aliphatic heterocycles. The number of benzene rings is 1. The van der Waals surface area contributed by atoms with E-state index in [4.69, 9.17) is 5.73 Å². The fraction of sp³-hybridized carbons (Fsp3) is 0.467. The molecule has 5 heteroatoms. The SMILES string of the molecule is NC(CC1=CCCCC1)c1ccc(C(F)(F)F)c(F)c1. The molecule has 0 bridgehead atoms. The highest BCUT2D eigenvalue weighted by Gasteiger charge is 2.34. The standard InChI is InChI=1S/C15H17F4N/c16-13-9-11(6-7-12(13)15(17,18)19)14(20)8-10-4-2-1-3-5-10/h4,6-7,9,14H,1-3,5,8,20H2. The molecule has 0 heterocycles. The molecule has 1 aliphatic carbocycles. The fourth-order valence-corrected chi connectivity index (χ4v) is 2.48. The first-order valence-electron chi connectivity index (χ1n) is 6.68. The van der Waals surface area contributed by atoms with Crippen molar-refractivity contribution in [1.82, 2.24) is 0 Å². The minimum atomic E-state index is -4.67. The summed E-state index contributed by atoms with van der Waals surface area (Å²) in [6.07, 6.45) is 2.29. The van der Waals surface area contributed by atoms with Crippen LogP contribution in [0.25, 0.3) is 0 Å². The van der Waals surface area contributed by atoms with E-state index < -0.39 is 23.6 Å².